The van der Waals surface area contributed by atoms with Crippen molar-refractivity contribution in [3.8, 4) is 6.07 Å². The molecule has 0 aliphatic heterocycles. The van der Waals surface area contributed by atoms with Crippen molar-refractivity contribution in [2.24, 2.45) is 5.92 Å². The first-order valence-corrected chi connectivity index (χ1v) is 13.0. The molecule has 24 heavy (non-hydrogen) atoms. The first-order valence-electron chi connectivity index (χ1n) is 8.60. The number of nitriles is 1. The van der Waals surface area contributed by atoms with E-state index < -0.39 is 8.32 Å². The lowest BCUT2D eigenvalue weighted by Crippen LogP contribution is -2.43. The summed E-state index contributed by atoms with van der Waals surface area (Å²) in [7, 11) is -1.77. The van der Waals surface area contributed by atoms with Crippen molar-refractivity contribution < 1.29 is 13.9 Å². The van der Waals surface area contributed by atoms with E-state index in [9.17, 15) is 0 Å². The van der Waals surface area contributed by atoms with E-state index in [0.717, 1.165) is 4.43 Å². The quantitative estimate of drug-likeness (QED) is 0.136. The molecule has 140 valence electrons. The van der Waals surface area contributed by atoms with Gasteiger partial charge < -0.3 is 13.9 Å². The maximum Gasteiger partial charge on any atom is 0.191 e. The predicted molar refractivity (Wildman–Crippen MR) is 111 cm³/mol. The van der Waals surface area contributed by atoms with Crippen LogP contribution in [0.5, 0.6) is 0 Å². The molecular weight excluding hydrogens is 433 g/mol. The topological polar surface area (TPSA) is 51.5 Å². The Hall–Kier alpha value is 0.0569. The minimum Gasteiger partial charge on any atom is -0.416 e. The maximum absolute atomic E-state index is 8.71. The Kier molecular flexibility index (Phi) is 11.7. The summed E-state index contributed by atoms with van der Waals surface area (Å²) >= 11 is 2.27. The monoisotopic (exact) mass is 467 g/mol. The number of rotatable bonds is 11. The van der Waals surface area contributed by atoms with Crippen molar-refractivity contribution in [3.05, 3.63) is 12.2 Å². The number of alkyl halides is 1. The average Bonchev–Trinajstić information content (AvgIpc) is 2.49. The highest BCUT2D eigenvalue weighted by Crippen LogP contribution is 2.37. The van der Waals surface area contributed by atoms with Crippen LogP contribution in [0.1, 0.15) is 41.0 Å². The van der Waals surface area contributed by atoms with Gasteiger partial charge in [-0.1, -0.05) is 56.4 Å². The maximum atomic E-state index is 8.71. The Bertz CT molecular complexity index is 415. The van der Waals surface area contributed by atoms with Gasteiger partial charge in [-0.2, -0.15) is 5.26 Å². The van der Waals surface area contributed by atoms with E-state index in [2.05, 4.69) is 63.4 Å². The van der Waals surface area contributed by atoms with Crippen LogP contribution in [0.4, 0.5) is 0 Å². The highest BCUT2D eigenvalue weighted by molar-refractivity contribution is 14.1. The number of ether oxygens (including phenoxy) is 2. The molecule has 0 N–H and O–H groups in total. The normalized spacial score (nSPS) is 16.8. The predicted octanol–water partition coefficient (Wildman–Crippen LogP) is 5.30. The van der Waals surface area contributed by atoms with Crippen LogP contribution < -0.4 is 0 Å². The fourth-order valence-corrected chi connectivity index (χ4v) is 3.42. The molecule has 0 aromatic heterocycles. The number of nitrogens with zero attached hydrogens (tertiary/aromatic N) is 1. The summed E-state index contributed by atoms with van der Waals surface area (Å²) in [6.07, 6.45) is 3.83. The van der Waals surface area contributed by atoms with E-state index in [4.69, 9.17) is 19.2 Å². The molecule has 0 spiro atoms. The van der Waals surface area contributed by atoms with Gasteiger partial charge >= 0.3 is 0 Å². The third-order valence-electron chi connectivity index (χ3n) is 4.51. The van der Waals surface area contributed by atoms with Crippen LogP contribution in [-0.4, -0.2) is 38.4 Å². The van der Waals surface area contributed by atoms with Gasteiger partial charge in [0, 0.05) is 25.2 Å². The second-order valence-electron chi connectivity index (χ2n) is 7.53. The molecule has 3 atom stereocenters. The molecule has 4 nitrogen and oxygen atoms in total. The molecule has 0 amide bonds. The molecule has 6 heteroatoms. The molecule has 0 radical (unpaired) electrons. The zero-order chi connectivity index (χ0) is 18.8. The fourth-order valence-electron chi connectivity index (χ4n) is 1.84. The largest absolute Gasteiger partial charge is 0.416 e. The molecule has 0 aromatic rings. The minimum absolute atomic E-state index is 0.0225. The van der Waals surface area contributed by atoms with Gasteiger partial charge in [0.1, 0.15) is 0 Å². The van der Waals surface area contributed by atoms with Gasteiger partial charge in [-0.05, 0) is 31.5 Å². The number of hydrogen-bond acceptors (Lipinski definition) is 4. The Balaban J connectivity index is 4.87. The van der Waals surface area contributed by atoms with Crippen molar-refractivity contribution in [3.63, 3.8) is 0 Å². The molecule has 0 heterocycles. The Morgan fingerprint density at radius 1 is 1.29 bits per heavy atom. The van der Waals surface area contributed by atoms with E-state index in [1.807, 2.05) is 19.1 Å². The average molecular weight is 467 g/mol. The summed E-state index contributed by atoms with van der Waals surface area (Å²) in [4.78, 5) is 0. The summed E-state index contributed by atoms with van der Waals surface area (Å²) in [6, 6.07) is 2.04. The summed E-state index contributed by atoms with van der Waals surface area (Å²) in [5.41, 5.74) is 0. The smallest absolute Gasteiger partial charge is 0.191 e. The molecule has 1 unspecified atom stereocenters. The lowest BCUT2D eigenvalue weighted by atomic mass is 10.0. The van der Waals surface area contributed by atoms with Crippen molar-refractivity contribution in [2.75, 3.05) is 17.6 Å². The van der Waals surface area contributed by atoms with Crippen LogP contribution in [0.2, 0.25) is 18.1 Å². The van der Waals surface area contributed by atoms with Gasteiger partial charge in [-0.3, -0.25) is 0 Å². The van der Waals surface area contributed by atoms with E-state index in [-0.39, 0.29) is 23.4 Å². The number of halogens is 1. The summed E-state index contributed by atoms with van der Waals surface area (Å²) in [6.45, 7) is 16.7. The molecule has 0 bridgehead atoms. The third kappa shape index (κ3) is 8.95. The summed E-state index contributed by atoms with van der Waals surface area (Å²) in [5, 5.41) is 8.90. The van der Waals surface area contributed by atoms with Crippen LogP contribution in [-0.2, 0) is 13.9 Å². The molecule has 0 saturated carbocycles. The van der Waals surface area contributed by atoms with Crippen molar-refractivity contribution in [1.82, 2.24) is 0 Å². The molecule has 0 saturated heterocycles. The van der Waals surface area contributed by atoms with E-state index in [1.54, 1.807) is 0 Å². The minimum atomic E-state index is -1.77. The van der Waals surface area contributed by atoms with Gasteiger partial charge in [0.25, 0.3) is 0 Å². The highest BCUT2D eigenvalue weighted by atomic mass is 127. The lowest BCUT2D eigenvalue weighted by molar-refractivity contribution is -0.165. The Morgan fingerprint density at radius 3 is 2.38 bits per heavy atom. The number of hydrogen-bond donors (Lipinski definition) is 0. The van der Waals surface area contributed by atoms with Crippen LogP contribution in [0.3, 0.4) is 0 Å². The standard InChI is InChI=1S/C18H34INO3Si/c1-8-21-17(13-19)23-16(11-9-10-12-20)15(2)14-22-24(6,7)18(3,4)5/h9-10,15-17H,8,11,13-14H2,1-7H3/b10-9+/t15-,16-,17?/m1/s1. The van der Waals surface area contributed by atoms with Crippen LogP contribution in [0, 0.1) is 17.2 Å². The first kappa shape index (κ1) is 24.1. The van der Waals surface area contributed by atoms with Crippen molar-refractivity contribution >= 4 is 30.9 Å². The summed E-state index contributed by atoms with van der Waals surface area (Å²) in [5.74, 6) is 0.230. The van der Waals surface area contributed by atoms with E-state index in [0.29, 0.717) is 19.6 Å². The Labute approximate surface area is 163 Å². The van der Waals surface area contributed by atoms with E-state index >= 15 is 0 Å². The second-order valence-corrected chi connectivity index (χ2v) is 13.2. The van der Waals surface area contributed by atoms with Gasteiger partial charge in [0.15, 0.2) is 14.6 Å². The van der Waals surface area contributed by atoms with Gasteiger partial charge in [0.2, 0.25) is 0 Å². The lowest BCUT2D eigenvalue weighted by Gasteiger charge is -2.38. The molecular formula is C18H34INO3Si. The Morgan fingerprint density at radius 2 is 1.92 bits per heavy atom. The zero-order valence-corrected chi connectivity index (χ0v) is 19.4. The van der Waals surface area contributed by atoms with Crippen LogP contribution in [0.25, 0.3) is 0 Å². The van der Waals surface area contributed by atoms with Gasteiger partial charge in [0.05, 0.1) is 16.6 Å². The molecule has 0 aliphatic rings. The first-order chi connectivity index (χ1) is 11.1. The van der Waals surface area contributed by atoms with E-state index in [1.165, 1.54) is 6.08 Å². The van der Waals surface area contributed by atoms with Gasteiger partial charge in [-0.25, -0.2) is 0 Å². The molecule has 0 fully saturated rings. The molecule has 0 rings (SSSR count). The van der Waals surface area contributed by atoms with Crippen LogP contribution in [0.15, 0.2) is 12.2 Å². The number of allylic oxidation sites excluding steroid dienone is 1. The molecule has 0 aliphatic carbocycles. The zero-order valence-electron chi connectivity index (χ0n) is 16.3. The SMILES string of the molecule is CCOC(CI)O[C@H](C/C=C/C#N)[C@H](C)CO[Si](C)(C)C(C)(C)C. The molecule has 0 aromatic carbocycles. The second kappa shape index (κ2) is 11.6. The fraction of sp³-hybridized carbons (Fsp3) is 0.833. The van der Waals surface area contributed by atoms with Crippen molar-refractivity contribution in [1.29, 1.82) is 5.26 Å². The summed E-state index contributed by atoms with van der Waals surface area (Å²) < 4.78 is 18.9. The van der Waals surface area contributed by atoms with Gasteiger partial charge in [-0.15, -0.1) is 0 Å². The third-order valence-corrected chi connectivity index (χ3v) is 9.73. The van der Waals surface area contributed by atoms with Crippen molar-refractivity contribution in [2.45, 2.75) is 71.6 Å². The highest BCUT2D eigenvalue weighted by Gasteiger charge is 2.38. The van der Waals surface area contributed by atoms with Crippen LogP contribution >= 0.6 is 22.6 Å².